The molecule has 4 rings (SSSR count). The van der Waals surface area contributed by atoms with E-state index in [4.69, 9.17) is 4.74 Å². The standard InChI is InChI=1S/C18H21N5O2/c1-3-12-7-11(9-16(24)25-4-2)8-13(12)18-22-21-15-10-20-17-14(23(15)18)5-6-19-17/h5-6,9-10,12-13,19H,3-4,7-8H2,1-2H3/b11-9+. The number of hydrogen-bond acceptors (Lipinski definition) is 5. The van der Waals surface area contributed by atoms with Crippen LogP contribution in [0.15, 0.2) is 30.1 Å². The first-order chi connectivity index (χ1) is 12.2. The van der Waals surface area contributed by atoms with Gasteiger partial charge in [0.25, 0.3) is 0 Å². The number of esters is 1. The summed E-state index contributed by atoms with van der Waals surface area (Å²) in [7, 11) is 0. The van der Waals surface area contributed by atoms with Crippen LogP contribution < -0.4 is 0 Å². The monoisotopic (exact) mass is 339 g/mol. The van der Waals surface area contributed by atoms with Gasteiger partial charge in [-0.05, 0) is 31.7 Å². The number of fused-ring (bicyclic) bond motifs is 3. The molecule has 130 valence electrons. The number of nitrogens with zero attached hydrogens (tertiary/aromatic N) is 4. The highest BCUT2D eigenvalue weighted by molar-refractivity contribution is 5.83. The van der Waals surface area contributed by atoms with Gasteiger partial charge >= 0.3 is 5.97 Å². The molecule has 0 amide bonds. The first-order valence-corrected chi connectivity index (χ1v) is 8.74. The third-order valence-corrected chi connectivity index (χ3v) is 5.01. The number of nitrogens with one attached hydrogen (secondary N) is 1. The molecule has 0 bridgehead atoms. The molecule has 3 aromatic heterocycles. The van der Waals surface area contributed by atoms with E-state index in [0.29, 0.717) is 12.5 Å². The predicted molar refractivity (Wildman–Crippen MR) is 93.1 cm³/mol. The van der Waals surface area contributed by atoms with Gasteiger partial charge < -0.3 is 9.72 Å². The maximum Gasteiger partial charge on any atom is 0.330 e. The summed E-state index contributed by atoms with van der Waals surface area (Å²) in [5.41, 5.74) is 3.68. The number of H-pyrrole nitrogens is 1. The molecule has 0 spiro atoms. The topological polar surface area (TPSA) is 85.2 Å². The molecule has 0 aliphatic heterocycles. The van der Waals surface area contributed by atoms with Crippen LogP contribution in [-0.4, -0.2) is 37.1 Å². The molecule has 3 aromatic rings. The van der Waals surface area contributed by atoms with Gasteiger partial charge in [-0.1, -0.05) is 18.9 Å². The van der Waals surface area contributed by atoms with Crippen molar-refractivity contribution in [1.82, 2.24) is 24.6 Å². The molecule has 2 unspecified atom stereocenters. The smallest absolute Gasteiger partial charge is 0.330 e. The minimum absolute atomic E-state index is 0.237. The Labute approximate surface area is 145 Å². The van der Waals surface area contributed by atoms with Crippen molar-refractivity contribution in [2.45, 2.75) is 39.0 Å². The number of rotatable bonds is 4. The van der Waals surface area contributed by atoms with Gasteiger partial charge in [-0.3, -0.25) is 4.40 Å². The van der Waals surface area contributed by atoms with Crippen LogP contribution in [0, 0.1) is 5.92 Å². The average molecular weight is 339 g/mol. The molecule has 3 heterocycles. The second-order valence-corrected chi connectivity index (χ2v) is 6.46. The van der Waals surface area contributed by atoms with Gasteiger partial charge in [0.2, 0.25) is 0 Å². The van der Waals surface area contributed by atoms with Crippen LogP contribution in [0.4, 0.5) is 0 Å². The quantitative estimate of drug-likeness (QED) is 0.583. The molecule has 0 radical (unpaired) electrons. The Kier molecular flexibility index (Phi) is 3.99. The molecule has 1 fully saturated rings. The summed E-state index contributed by atoms with van der Waals surface area (Å²) >= 11 is 0. The Hall–Kier alpha value is -2.70. The summed E-state index contributed by atoms with van der Waals surface area (Å²) in [6.45, 7) is 4.40. The van der Waals surface area contributed by atoms with Gasteiger partial charge in [-0.25, -0.2) is 9.78 Å². The maximum absolute atomic E-state index is 11.8. The highest BCUT2D eigenvalue weighted by Crippen LogP contribution is 2.44. The van der Waals surface area contributed by atoms with Gasteiger partial charge in [0.15, 0.2) is 11.3 Å². The zero-order chi connectivity index (χ0) is 17.4. The lowest BCUT2D eigenvalue weighted by Crippen LogP contribution is -2.09. The molecule has 7 heteroatoms. The number of ether oxygens (including phenoxy) is 1. The third-order valence-electron chi connectivity index (χ3n) is 5.01. The van der Waals surface area contributed by atoms with E-state index in [-0.39, 0.29) is 11.9 Å². The third kappa shape index (κ3) is 2.69. The lowest BCUT2D eigenvalue weighted by Gasteiger charge is -2.15. The summed E-state index contributed by atoms with van der Waals surface area (Å²) in [6.07, 6.45) is 8.01. The molecule has 25 heavy (non-hydrogen) atoms. The molecule has 1 aliphatic carbocycles. The summed E-state index contributed by atoms with van der Waals surface area (Å²) < 4.78 is 7.14. The highest BCUT2D eigenvalue weighted by Gasteiger charge is 2.34. The van der Waals surface area contributed by atoms with Crippen molar-refractivity contribution < 1.29 is 9.53 Å². The van der Waals surface area contributed by atoms with E-state index >= 15 is 0 Å². The van der Waals surface area contributed by atoms with Crippen molar-refractivity contribution >= 4 is 22.8 Å². The van der Waals surface area contributed by atoms with Gasteiger partial charge in [0.1, 0.15) is 5.82 Å². The normalized spacial score (nSPS) is 22.2. The predicted octanol–water partition coefficient (Wildman–Crippen LogP) is 3.00. The number of carbonyl (C=O) groups is 1. The van der Waals surface area contributed by atoms with E-state index in [0.717, 1.165) is 47.5 Å². The molecular formula is C18H21N5O2. The lowest BCUT2D eigenvalue weighted by atomic mass is 9.93. The fourth-order valence-corrected chi connectivity index (χ4v) is 3.85. The van der Waals surface area contributed by atoms with E-state index in [1.165, 1.54) is 0 Å². The fourth-order valence-electron chi connectivity index (χ4n) is 3.85. The Morgan fingerprint density at radius 3 is 3.08 bits per heavy atom. The zero-order valence-electron chi connectivity index (χ0n) is 14.4. The van der Waals surface area contributed by atoms with E-state index in [2.05, 4.69) is 31.5 Å². The molecular weight excluding hydrogens is 318 g/mol. The van der Waals surface area contributed by atoms with Crippen molar-refractivity contribution in [3.05, 3.63) is 35.9 Å². The van der Waals surface area contributed by atoms with Gasteiger partial charge in [0, 0.05) is 18.2 Å². The number of hydrogen-bond donors (Lipinski definition) is 1. The number of allylic oxidation sites excluding steroid dienone is 1. The average Bonchev–Trinajstić information content (AvgIpc) is 3.31. The minimum atomic E-state index is -0.253. The number of aromatic nitrogens is 5. The minimum Gasteiger partial charge on any atom is -0.463 e. The molecule has 1 saturated carbocycles. The van der Waals surface area contributed by atoms with E-state index in [1.54, 1.807) is 12.3 Å². The Morgan fingerprint density at radius 1 is 1.40 bits per heavy atom. The summed E-state index contributed by atoms with van der Waals surface area (Å²) in [5, 5.41) is 8.77. The summed E-state index contributed by atoms with van der Waals surface area (Å²) in [4.78, 5) is 19.3. The van der Waals surface area contributed by atoms with Crippen LogP contribution in [0.2, 0.25) is 0 Å². The summed E-state index contributed by atoms with van der Waals surface area (Å²) in [5.74, 6) is 1.37. The molecule has 0 aromatic carbocycles. The van der Waals surface area contributed by atoms with Crippen LogP contribution in [0.1, 0.15) is 44.9 Å². The van der Waals surface area contributed by atoms with Crippen LogP contribution in [0.25, 0.3) is 16.8 Å². The first-order valence-electron chi connectivity index (χ1n) is 8.74. The van der Waals surface area contributed by atoms with Crippen molar-refractivity contribution in [3.63, 3.8) is 0 Å². The zero-order valence-corrected chi connectivity index (χ0v) is 14.4. The molecule has 0 saturated heterocycles. The molecule has 1 N–H and O–H groups in total. The Morgan fingerprint density at radius 2 is 2.28 bits per heavy atom. The summed E-state index contributed by atoms with van der Waals surface area (Å²) in [6, 6.07) is 1.99. The Balaban J connectivity index is 1.74. The van der Waals surface area contributed by atoms with Crippen LogP contribution in [0.3, 0.4) is 0 Å². The second-order valence-electron chi connectivity index (χ2n) is 6.46. The fraction of sp³-hybridized carbons (Fsp3) is 0.444. The van der Waals surface area contributed by atoms with Gasteiger partial charge in [0.05, 0.1) is 18.3 Å². The van der Waals surface area contributed by atoms with Gasteiger partial charge in [-0.15, -0.1) is 10.2 Å². The SMILES string of the molecule is CCOC(=O)/C=C1\CC(CC)C(c2nnc3cnc4[nH]ccc4n23)C1. The number of aromatic amines is 1. The largest absolute Gasteiger partial charge is 0.463 e. The Bertz CT molecular complexity index is 955. The van der Waals surface area contributed by atoms with Crippen molar-refractivity contribution in [2.75, 3.05) is 6.61 Å². The van der Waals surface area contributed by atoms with Crippen molar-refractivity contribution in [3.8, 4) is 0 Å². The van der Waals surface area contributed by atoms with E-state index in [9.17, 15) is 4.79 Å². The van der Waals surface area contributed by atoms with Crippen molar-refractivity contribution in [2.24, 2.45) is 5.92 Å². The number of carbonyl (C=O) groups excluding carboxylic acids is 1. The molecule has 7 nitrogen and oxygen atoms in total. The van der Waals surface area contributed by atoms with Crippen LogP contribution in [0.5, 0.6) is 0 Å². The maximum atomic E-state index is 11.8. The van der Waals surface area contributed by atoms with E-state index < -0.39 is 0 Å². The first kappa shape index (κ1) is 15.8. The second kappa shape index (κ2) is 6.31. The lowest BCUT2D eigenvalue weighted by molar-refractivity contribution is -0.137. The molecule has 2 atom stereocenters. The van der Waals surface area contributed by atoms with E-state index in [1.807, 2.05) is 19.2 Å². The van der Waals surface area contributed by atoms with Crippen molar-refractivity contribution in [1.29, 1.82) is 0 Å². The van der Waals surface area contributed by atoms with Crippen LogP contribution in [-0.2, 0) is 9.53 Å². The van der Waals surface area contributed by atoms with Gasteiger partial charge in [-0.2, -0.15) is 0 Å². The molecule has 1 aliphatic rings. The highest BCUT2D eigenvalue weighted by atomic mass is 16.5. The van der Waals surface area contributed by atoms with Crippen LogP contribution >= 0.6 is 0 Å².